The average Bonchev–Trinajstić information content (AvgIpc) is 2.94. The summed E-state index contributed by atoms with van der Waals surface area (Å²) in [5.41, 5.74) is 0.708. The average molecular weight is 412 g/mol. The smallest absolute Gasteiger partial charge is 0.238 e. The van der Waals surface area contributed by atoms with Gasteiger partial charge < -0.3 is 15.0 Å². The topological polar surface area (TPSA) is 118 Å². The molecule has 0 aliphatic rings. The number of carbonyl (C=O) groups is 2. The van der Waals surface area contributed by atoms with Crippen molar-refractivity contribution in [2.45, 2.75) is 32.9 Å². The Kier molecular flexibility index (Phi) is 7.43. The summed E-state index contributed by atoms with van der Waals surface area (Å²) < 4.78 is 17.5. The summed E-state index contributed by atoms with van der Waals surface area (Å²) in [6, 6.07) is 1.32. The molecule has 0 saturated heterocycles. The van der Waals surface area contributed by atoms with Crippen molar-refractivity contribution in [3.63, 3.8) is 0 Å². The third-order valence-electron chi connectivity index (χ3n) is 3.37. The van der Waals surface area contributed by atoms with E-state index in [1.165, 1.54) is 19.2 Å². The van der Waals surface area contributed by atoms with Gasteiger partial charge in [-0.1, -0.05) is 18.3 Å². The molecule has 2 aromatic rings. The van der Waals surface area contributed by atoms with Gasteiger partial charge in [-0.2, -0.15) is 0 Å². The number of nitrogens with one attached hydrogen (secondary N) is 2. The number of hydrogen-bond acceptors (Lipinski definition) is 7. The van der Waals surface area contributed by atoms with Gasteiger partial charge in [0.25, 0.3) is 0 Å². The van der Waals surface area contributed by atoms with Crippen molar-refractivity contribution in [1.29, 1.82) is 0 Å². The van der Waals surface area contributed by atoms with Crippen molar-refractivity contribution in [2.75, 3.05) is 17.7 Å². The first kappa shape index (κ1) is 21.0. The van der Waals surface area contributed by atoms with Gasteiger partial charge in [0, 0.05) is 35.7 Å². The van der Waals surface area contributed by atoms with Gasteiger partial charge in [0.2, 0.25) is 11.3 Å². The highest BCUT2D eigenvalue weighted by Gasteiger charge is 2.15. The maximum atomic E-state index is 12.2. The molecule has 2 N–H and O–H groups in total. The fraction of sp³-hybridized carbons (Fsp3) is 0.412. The summed E-state index contributed by atoms with van der Waals surface area (Å²) in [4.78, 5) is 42.8. The van der Waals surface area contributed by atoms with E-state index in [9.17, 15) is 18.6 Å². The van der Waals surface area contributed by atoms with Gasteiger partial charge in [-0.25, -0.2) is 4.98 Å². The van der Waals surface area contributed by atoms with Crippen LogP contribution < -0.4 is 15.5 Å². The van der Waals surface area contributed by atoms with E-state index in [1.807, 2.05) is 6.92 Å². The van der Waals surface area contributed by atoms with E-state index in [0.717, 1.165) is 17.8 Å². The summed E-state index contributed by atoms with van der Waals surface area (Å²) >= 11 is 1.08. The lowest BCUT2D eigenvalue weighted by atomic mass is 10.3. The molecule has 8 nitrogen and oxygen atoms in total. The number of thiazole rings is 1. The second-order valence-corrected chi connectivity index (χ2v) is 8.26. The standard InChI is InChI=1S/C17H21N3O5S2/c1-4-5-25-14-7-18-12(6-13(14)22)8-27(24)9-15(23)20-17-19-10(2)16(26-17)11(3)21/h6-7H,4-5,8-9H2,1-3H3,(H,18,22)(H,19,20,23). The highest BCUT2D eigenvalue weighted by atomic mass is 32.2. The SMILES string of the molecule is CCCOc1c[nH]c(CS(=O)CC(=O)Nc2nc(C)c(C(C)=O)s2)cc1=O. The molecule has 1 amide bonds. The highest BCUT2D eigenvalue weighted by molar-refractivity contribution is 7.84. The third-order valence-corrected chi connectivity index (χ3v) is 5.76. The summed E-state index contributed by atoms with van der Waals surface area (Å²) in [5.74, 6) is -0.590. The van der Waals surface area contributed by atoms with Crippen molar-refractivity contribution in [1.82, 2.24) is 9.97 Å². The number of ketones is 1. The van der Waals surface area contributed by atoms with Gasteiger partial charge in [0.1, 0.15) is 5.75 Å². The molecule has 10 heteroatoms. The molecular weight excluding hydrogens is 390 g/mol. The van der Waals surface area contributed by atoms with Crippen LogP contribution in [0.5, 0.6) is 5.75 Å². The van der Waals surface area contributed by atoms with E-state index in [4.69, 9.17) is 4.74 Å². The number of anilines is 1. The van der Waals surface area contributed by atoms with Crippen LogP contribution in [-0.2, 0) is 21.3 Å². The van der Waals surface area contributed by atoms with E-state index in [-0.39, 0.29) is 28.5 Å². The first-order valence-electron chi connectivity index (χ1n) is 8.27. The Balaban J connectivity index is 1.92. The molecule has 146 valence electrons. The van der Waals surface area contributed by atoms with Gasteiger partial charge in [-0.15, -0.1) is 0 Å². The number of carbonyl (C=O) groups excluding carboxylic acids is 2. The number of H-pyrrole nitrogens is 1. The van der Waals surface area contributed by atoms with Gasteiger partial charge >= 0.3 is 0 Å². The maximum absolute atomic E-state index is 12.2. The summed E-state index contributed by atoms with van der Waals surface area (Å²) in [7, 11) is -1.52. The molecule has 0 bridgehead atoms. The Morgan fingerprint density at radius 3 is 2.74 bits per heavy atom. The lowest BCUT2D eigenvalue weighted by molar-refractivity contribution is -0.113. The largest absolute Gasteiger partial charge is 0.488 e. The van der Waals surface area contributed by atoms with Crippen molar-refractivity contribution in [3.05, 3.63) is 38.8 Å². The lowest BCUT2D eigenvalue weighted by Gasteiger charge is -2.06. The zero-order valence-electron chi connectivity index (χ0n) is 15.3. The minimum atomic E-state index is -1.52. The quantitative estimate of drug-likeness (QED) is 0.610. The molecule has 1 atom stereocenters. The van der Waals surface area contributed by atoms with E-state index >= 15 is 0 Å². The number of rotatable bonds is 9. The number of pyridine rings is 1. The number of amides is 1. The molecule has 0 radical (unpaired) electrons. The predicted octanol–water partition coefficient (Wildman–Crippen LogP) is 2.02. The van der Waals surface area contributed by atoms with Crippen LogP contribution in [0.1, 0.15) is 41.3 Å². The van der Waals surface area contributed by atoms with Crippen molar-refractivity contribution in [3.8, 4) is 5.75 Å². The van der Waals surface area contributed by atoms with Crippen LogP contribution in [0.15, 0.2) is 17.1 Å². The Morgan fingerprint density at radius 1 is 1.41 bits per heavy atom. The molecule has 0 aromatic carbocycles. The lowest BCUT2D eigenvalue weighted by Crippen LogP contribution is -2.20. The molecule has 1 unspecified atom stereocenters. The number of Topliss-reactive ketones (excluding diaryl/α,β-unsaturated/α-hetero) is 1. The van der Waals surface area contributed by atoms with Crippen LogP contribution in [0.4, 0.5) is 5.13 Å². The van der Waals surface area contributed by atoms with E-state index in [2.05, 4.69) is 15.3 Å². The van der Waals surface area contributed by atoms with Gasteiger partial charge in [0.15, 0.2) is 16.7 Å². The van der Waals surface area contributed by atoms with Gasteiger partial charge in [-0.05, 0) is 13.3 Å². The molecule has 0 saturated carbocycles. The monoisotopic (exact) mass is 411 g/mol. The molecule has 2 aromatic heterocycles. The Labute approximate surface area is 162 Å². The predicted molar refractivity (Wildman–Crippen MR) is 105 cm³/mol. The molecule has 2 rings (SSSR count). The number of aromatic amines is 1. The summed E-state index contributed by atoms with van der Waals surface area (Å²) in [5, 5.41) is 2.85. The molecule has 2 heterocycles. The maximum Gasteiger partial charge on any atom is 0.238 e. The van der Waals surface area contributed by atoms with Crippen LogP contribution in [0, 0.1) is 6.92 Å². The van der Waals surface area contributed by atoms with Gasteiger partial charge in [0.05, 0.1) is 22.9 Å². The van der Waals surface area contributed by atoms with Crippen molar-refractivity contribution < 1.29 is 18.5 Å². The number of nitrogens with zero attached hydrogens (tertiary/aromatic N) is 1. The summed E-state index contributed by atoms with van der Waals surface area (Å²) in [6.45, 7) is 5.49. The van der Waals surface area contributed by atoms with Crippen molar-refractivity contribution >= 4 is 39.0 Å². The third kappa shape index (κ3) is 6.10. The highest BCUT2D eigenvalue weighted by Crippen LogP contribution is 2.22. The minimum Gasteiger partial charge on any atom is -0.488 e. The minimum absolute atomic E-state index is 0.0340. The van der Waals surface area contributed by atoms with Crippen LogP contribution in [0.3, 0.4) is 0 Å². The van der Waals surface area contributed by atoms with Gasteiger partial charge in [-0.3, -0.25) is 18.6 Å². The van der Waals surface area contributed by atoms with E-state index in [0.29, 0.717) is 28.0 Å². The Morgan fingerprint density at radius 2 is 2.15 bits per heavy atom. The van der Waals surface area contributed by atoms with Crippen molar-refractivity contribution in [2.24, 2.45) is 0 Å². The number of aryl methyl sites for hydroxylation is 1. The molecular formula is C17H21N3O5S2. The first-order valence-corrected chi connectivity index (χ1v) is 10.6. The Bertz CT molecular complexity index is 920. The zero-order chi connectivity index (χ0) is 20.0. The number of hydrogen-bond donors (Lipinski definition) is 2. The molecule has 27 heavy (non-hydrogen) atoms. The molecule has 0 aliphatic carbocycles. The first-order chi connectivity index (χ1) is 12.8. The zero-order valence-corrected chi connectivity index (χ0v) is 16.9. The molecule has 0 spiro atoms. The summed E-state index contributed by atoms with van der Waals surface area (Å²) in [6.07, 6.45) is 2.22. The van der Waals surface area contributed by atoms with Crippen LogP contribution in [0.25, 0.3) is 0 Å². The fourth-order valence-electron chi connectivity index (χ4n) is 2.21. The van der Waals surface area contributed by atoms with E-state index in [1.54, 1.807) is 6.92 Å². The second-order valence-electron chi connectivity index (χ2n) is 5.80. The van der Waals surface area contributed by atoms with Crippen LogP contribution >= 0.6 is 11.3 Å². The second kappa shape index (κ2) is 9.56. The van der Waals surface area contributed by atoms with Crippen LogP contribution in [0.2, 0.25) is 0 Å². The fourth-order valence-corrected chi connectivity index (χ4v) is 4.07. The number of ether oxygens (including phenoxy) is 1. The van der Waals surface area contributed by atoms with Crippen LogP contribution in [-0.4, -0.2) is 38.2 Å². The Hall–Kier alpha value is -2.33. The number of aromatic nitrogens is 2. The van der Waals surface area contributed by atoms with E-state index < -0.39 is 16.7 Å². The molecule has 0 fully saturated rings. The molecule has 0 aliphatic heterocycles. The normalized spacial score (nSPS) is 11.8.